The van der Waals surface area contributed by atoms with Crippen LogP contribution in [0.3, 0.4) is 0 Å². The van der Waals surface area contributed by atoms with Crippen LogP contribution in [0, 0.1) is 0 Å². The Morgan fingerprint density at radius 3 is 1.55 bits per heavy atom. The van der Waals surface area contributed by atoms with Gasteiger partial charge in [-0.1, -0.05) is 36.4 Å². The second-order valence-corrected chi connectivity index (χ2v) is 6.33. The number of nitrogens with zero attached hydrogens (tertiary/aromatic N) is 2. The monoisotopic (exact) mass is 424 g/mol. The number of esters is 2. The topological polar surface area (TPSA) is 164 Å². The normalized spacial score (nSPS) is 11.9. The molecule has 10 heteroatoms. The molecule has 2 aromatic rings. The highest BCUT2D eigenvalue weighted by Gasteiger charge is 2.20. The van der Waals surface area contributed by atoms with Crippen molar-refractivity contribution in [2.24, 2.45) is 21.5 Å². The molecular weight excluding hydrogens is 404 g/mol. The van der Waals surface area contributed by atoms with E-state index >= 15 is 0 Å². The van der Waals surface area contributed by atoms with Gasteiger partial charge in [-0.2, -0.15) is 9.98 Å². The van der Waals surface area contributed by atoms with Crippen LogP contribution in [0.5, 0.6) is 0 Å². The van der Waals surface area contributed by atoms with Gasteiger partial charge < -0.3 is 20.9 Å². The van der Waals surface area contributed by atoms with Gasteiger partial charge in [0.15, 0.2) is 0 Å². The van der Waals surface area contributed by atoms with E-state index < -0.39 is 30.8 Å². The first-order valence-corrected chi connectivity index (χ1v) is 9.12. The van der Waals surface area contributed by atoms with E-state index in [1.165, 1.54) is 12.2 Å². The summed E-state index contributed by atoms with van der Waals surface area (Å²) in [4.78, 5) is 52.2. The Kier molecular flexibility index (Phi) is 8.97. The van der Waals surface area contributed by atoms with Crippen LogP contribution in [-0.4, -0.2) is 43.0 Å². The Balaban J connectivity index is 1.84. The van der Waals surface area contributed by atoms with Crippen molar-refractivity contribution in [1.29, 1.82) is 0 Å². The van der Waals surface area contributed by atoms with Crippen molar-refractivity contribution in [3.05, 3.63) is 59.7 Å². The van der Waals surface area contributed by atoms with Gasteiger partial charge in [-0.25, -0.2) is 9.59 Å². The minimum Gasteiger partial charge on any atom is -0.427 e. The van der Waals surface area contributed by atoms with E-state index in [-0.39, 0.29) is 12.8 Å². The smallest absolute Gasteiger partial charge is 0.326 e. The van der Waals surface area contributed by atoms with E-state index in [2.05, 4.69) is 9.98 Å². The van der Waals surface area contributed by atoms with Gasteiger partial charge in [-0.05, 0) is 23.3 Å². The summed E-state index contributed by atoms with van der Waals surface area (Å²) < 4.78 is 9.74. The molecule has 2 aromatic carbocycles. The van der Waals surface area contributed by atoms with Crippen LogP contribution in [0.2, 0.25) is 0 Å². The third-order valence-corrected chi connectivity index (χ3v) is 4.20. The molecule has 0 aliphatic heterocycles. The van der Waals surface area contributed by atoms with Gasteiger partial charge in [0.05, 0.1) is 11.4 Å². The lowest BCUT2D eigenvalue weighted by molar-refractivity contribution is -0.168. The molecule has 4 N–H and O–H groups in total. The third-order valence-electron chi connectivity index (χ3n) is 4.20. The molecule has 10 nitrogen and oxygen atoms in total. The molecule has 0 spiro atoms. The van der Waals surface area contributed by atoms with E-state index in [1.54, 1.807) is 48.5 Å². The number of ether oxygens (including phenoxy) is 2. The third kappa shape index (κ3) is 7.11. The number of benzene rings is 2. The first-order chi connectivity index (χ1) is 15.0. The maximum absolute atomic E-state index is 12.0. The number of rotatable bonds is 10. The fourth-order valence-electron chi connectivity index (χ4n) is 2.68. The number of aliphatic imine (C=N–C) groups is 2. The van der Waals surface area contributed by atoms with Crippen LogP contribution in [0.1, 0.15) is 11.1 Å². The first-order valence-electron chi connectivity index (χ1n) is 9.12. The molecule has 0 aromatic heterocycles. The van der Waals surface area contributed by atoms with Crippen LogP contribution in [0.4, 0.5) is 11.4 Å². The molecule has 0 radical (unpaired) electrons. The lowest BCUT2D eigenvalue weighted by Crippen LogP contribution is -2.37. The average Bonchev–Trinajstić information content (AvgIpc) is 2.76. The van der Waals surface area contributed by atoms with Crippen LogP contribution >= 0.6 is 0 Å². The zero-order valence-corrected chi connectivity index (χ0v) is 16.4. The Labute approximate surface area is 177 Å². The molecular formula is C21H20N4O6. The number of carbonyl (C=O) groups excluding carboxylic acids is 4. The first kappa shape index (κ1) is 23.3. The van der Waals surface area contributed by atoms with Crippen molar-refractivity contribution in [2.75, 3.05) is 6.79 Å². The van der Waals surface area contributed by atoms with E-state index in [0.717, 1.165) is 0 Å². The number of hydrogen-bond acceptors (Lipinski definition) is 10. The highest BCUT2D eigenvalue weighted by atomic mass is 16.7. The van der Waals surface area contributed by atoms with E-state index in [0.29, 0.717) is 22.5 Å². The minimum atomic E-state index is -1.07. The maximum Gasteiger partial charge on any atom is 0.326 e. The molecule has 0 saturated heterocycles. The summed E-state index contributed by atoms with van der Waals surface area (Å²) in [6.07, 6.45) is 2.99. The second-order valence-electron chi connectivity index (χ2n) is 6.33. The molecule has 0 amide bonds. The molecule has 0 bridgehead atoms. The lowest BCUT2D eigenvalue weighted by Gasteiger charge is -2.15. The van der Waals surface area contributed by atoms with Gasteiger partial charge in [0.25, 0.3) is 0 Å². The second kappa shape index (κ2) is 11.9. The van der Waals surface area contributed by atoms with Crippen LogP contribution in [0.25, 0.3) is 0 Å². The average molecular weight is 424 g/mol. The van der Waals surface area contributed by atoms with Gasteiger partial charge >= 0.3 is 11.9 Å². The molecule has 2 atom stereocenters. The van der Waals surface area contributed by atoms with Gasteiger partial charge in [0.1, 0.15) is 12.1 Å². The van der Waals surface area contributed by atoms with Gasteiger partial charge in [0.2, 0.25) is 19.0 Å². The number of hydrogen-bond donors (Lipinski definition) is 2. The van der Waals surface area contributed by atoms with E-state index in [9.17, 15) is 19.2 Å². The zero-order chi connectivity index (χ0) is 22.6. The summed E-state index contributed by atoms with van der Waals surface area (Å²) in [5, 5.41) is 0. The fourth-order valence-corrected chi connectivity index (χ4v) is 2.68. The molecule has 2 rings (SSSR count). The van der Waals surface area contributed by atoms with Gasteiger partial charge in [0, 0.05) is 12.8 Å². The molecule has 0 aliphatic rings. The zero-order valence-electron chi connectivity index (χ0n) is 16.4. The predicted octanol–water partition coefficient (Wildman–Crippen LogP) is 1.10. The molecule has 0 heterocycles. The lowest BCUT2D eigenvalue weighted by atomic mass is 10.0. The molecule has 2 unspecified atom stereocenters. The van der Waals surface area contributed by atoms with Crippen LogP contribution < -0.4 is 11.5 Å². The summed E-state index contributed by atoms with van der Waals surface area (Å²) in [7, 11) is 0. The largest absolute Gasteiger partial charge is 0.427 e. The quantitative estimate of drug-likeness (QED) is 0.248. The van der Waals surface area contributed by atoms with Gasteiger partial charge in [-0.15, -0.1) is 0 Å². The standard InChI is InChI=1S/C21H20N4O6/c22-16(9-14-5-1-3-7-18(14)24-11-26)20(28)30-13-31-21(29)17(23)10-15-6-2-4-8-19(15)25-12-27/h1-8,16-17H,9-10,13,22-23H2. The Morgan fingerprint density at radius 2 is 1.16 bits per heavy atom. The van der Waals surface area contributed by atoms with Gasteiger partial charge in [-0.3, -0.25) is 9.59 Å². The van der Waals surface area contributed by atoms with Crippen molar-refractivity contribution in [3.8, 4) is 0 Å². The molecule has 0 fully saturated rings. The van der Waals surface area contributed by atoms with Crippen molar-refractivity contribution < 1.29 is 28.7 Å². The van der Waals surface area contributed by atoms with Crippen LogP contribution in [0.15, 0.2) is 58.5 Å². The molecule has 31 heavy (non-hydrogen) atoms. The van der Waals surface area contributed by atoms with Crippen molar-refractivity contribution in [2.45, 2.75) is 24.9 Å². The van der Waals surface area contributed by atoms with E-state index in [4.69, 9.17) is 20.9 Å². The summed E-state index contributed by atoms with van der Waals surface area (Å²) in [6.45, 7) is -0.665. The SMILES string of the molecule is NC(Cc1ccccc1N=C=O)C(=O)OCOC(=O)C(N)Cc1ccccc1N=C=O. The highest BCUT2D eigenvalue weighted by molar-refractivity contribution is 5.78. The number of nitrogens with two attached hydrogens (primary N) is 2. The van der Waals surface area contributed by atoms with Crippen molar-refractivity contribution in [1.82, 2.24) is 0 Å². The Hall–Kier alpha value is -3.94. The molecule has 160 valence electrons. The molecule has 0 aliphatic carbocycles. The fraction of sp³-hybridized carbons (Fsp3) is 0.238. The molecule has 0 saturated carbocycles. The Bertz CT molecular complexity index is 947. The number of para-hydroxylation sites is 2. The summed E-state index contributed by atoms with van der Waals surface area (Å²) >= 11 is 0. The minimum absolute atomic E-state index is 0.0572. The van der Waals surface area contributed by atoms with Crippen LogP contribution in [-0.2, 0) is 41.5 Å². The summed E-state index contributed by atoms with van der Waals surface area (Å²) in [5.41, 5.74) is 13.4. The highest BCUT2D eigenvalue weighted by Crippen LogP contribution is 2.20. The predicted molar refractivity (Wildman–Crippen MR) is 109 cm³/mol. The number of carbonyl (C=O) groups is 2. The van der Waals surface area contributed by atoms with E-state index in [1.807, 2.05) is 0 Å². The Morgan fingerprint density at radius 1 is 0.774 bits per heavy atom. The maximum atomic E-state index is 12.0. The number of isocyanates is 2. The van der Waals surface area contributed by atoms with Crippen molar-refractivity contribution in [3.63, 3.8) is 0 Å². The summed E-state index contributed by atoms with van der Waals surface area (Å²) in [6, 6.07) is 11.1. The summed E-state index contributed by atoms with van der Waals surface area (Å²) in [5.74, 6) is -1.62. The van der Waals surface area contributed by atoms with Crippen molar-refractivity contribution >= 4 is 35.5 Å².